The largest absolute Gasteiger partial charge is 0.388 e. The van der Waals surface area contributed by atoms with Crippen LogP contribution >= 0.6 is 0 Å². The Kier molecular flexibility index (Phi) is 4.00. The van der Waals surface area contributed by atoms with E-state index in [4.69, 9.17) is 0 Å². The summed E-state index contributed by atoms with van der Waals surface area (Å²) < 4.78 is 1.56. The summed E-state index contributed by atoms with van der Waals surface area (Å²) in [5, 5.41) is 16.8. The highest BCUT2D eigenvalue weighted by Crippen LogP contribution is 2.30. The van der Waals surface area contributed by atoms with Crippen molar-refractivity contribution in [1.29, 1.82) is 0 Å². The standard InChI is InChI=1S/C17H19N3O3/c1-12-10-14(21)15(16(22)18-11-17(23)8-5-9-17)19-20(12)13-6-3-2-4-7-13/h2-4,6-7,10,23H,5,8-9,11H2,1H3,(H,18,22). The fraction of sp³-hybridized carbons (Fsp3) is 0.353. The third-order valence-corrected chi connectivity index (χ3v) is 4.19. The first kappa shape index (κ1) is 15.4. The number of nitrogens with one attached hydrogen (secondary N) is 1. The van der Waals surface area contributed by atoms with Gasteiger partial charge in [-0.1, -0.05) is 18.2 Å². The average Bonchev–Trinajstić information content (AvgIpc) is 2.52. The Balaban J connectivity index is 1.87. The predicted molar refractivity (Wildman–Crippen MR) is 85.7 cm³/mol. The number of hydrogen-bond donors (Lipinski definition) is 2. The van der Waals surface area contributed by atoms with E-state index < -0.39 is 16.9 Å². The topological polar surface area (TPSA) is 84.2 Å². The number of carbonyl (C=O) groups is 1. The van der Waals surface area contributed by atoms with Crippen LogP contribution in [0.15, 0.2) is 41.2 Å². The van der Waals surface area contributed by atoms with Crippen molar-refractivity contribution < 1.29 is 9.90 Å². The zero-order valence-corrected chi connectivity index (χ0v) is 13.0. The molecule has 1 aromatic carbocycles. The molecular formula is C17H19N3O3. The highest BCUT2D eigenvalue weighted by atomic mass is 16.3. The molecule has 0 atom stereocenters. The van der Waals surface area contributed by atoms with Gasteiger partial charge in [-0.05, 0) is 38.3 Å². The van der Waals surface area contributed by atoms with Crippen molar-refractivity contribution in [2.24, 2.45) is 0 Å². The molecule has 1 aliphatic carbocycles. The van der Waals surface area contributed by atoms with Gasteiger partial charge < -0.3 is 10.4 Å². The van der Waals surface area contributed by atoms with Gasteiger partial charge in [-0.25, -0.2) is 4.68 Å². The molecule has 1 amide bonds. The number of carbonyl (C=O) groups excluding carboxylic acids is 1. The van der Waals surface area contributed by atoms with E-state index in [0.29, 0.717) is 18.5 Å². The maximum absolute atomic E-state index is 12.2. The van der Waals surface area contributed by atoms with Gasteiger partial charge in [0.1, 0.15) is 0 Å². The smallest absolute Gasteiger partial charge is 0.275 e. The molecule has 6 nitrogen and oxygen atoms in total. The molecule has 120 valence electrons. The zero-order valence-electron chi connectivity index (χ0n) is 13.0. The Morgan fingerprint density at radius 2 is 2.04 bits per heavy atom. The lowest BCUT2D eigenvalue weighted by atomic mass is 9.80. The lowest BCUT2D eigenvalue weighted by Gasteiger charge is -2.36. The number of rotatable bonds is 4. The van der Waals surface area contributed by atoms with Crippen molar-refractivity contribution in [3.8, 4) is 5.69 Å². The van der Waals surface area contributed by atoms with Gasteiger partial charge in [-0.2, -0.15) is 5.10 Å². The predicted octanol–water partition coefficient (Wildman–Crippen LogP) is 1.19. The summed E-state index contributed by atoms with van der Waals surface area (Å²) >= 11 is 0. The molecule has 2 aromatic rings. The Morgan fingerprint density at radius 1 is 1.35 bits per heavy atom. The van der Waals surface area contributed by atoms with E-state index in [2.05, 4.69) is 10.4 Å². The van der Waals surface area contributed by atoms with Crippen LogP contribution in [0.2, 0.25) is 0 Å². The summed E-state index contributed by atoms with van der Waals surface area (Å²) in [6.07, 6.45) is 2.29. The van der Waals surface area contributed by atoms with Crippen molar-refractivity contribution in [2.45, 2.75) is 31.8 Å². The first-order valence-electron chi connectivity index (χ1n) is 7.65. The molecule has 1 fully saturated rings. The van der Waals surface area contributed by atoms with Gasteiger partial charge in [0.15, 0.2) is 5.69 Å². The van der Waals surface area contributed by atoms with Crippen molar-refractivity contribution in [3.63, 3.8) is 0 Å². The first-order valence-corrected chi connectivity index (χ1v) is 7.65. The summed E-state index contributed by atoms with van der Waals surface area (Å²) in [7, 11) is 0. The zero-order chi connectivity index (χ0) is 16.4. The molecule has 3 rings (SSSR count). The number of aliphatic hydroxyl groups is 1. The second-order valence-electron chi connectivity index (χ2n) is 6.01. The molecule has 0 unspecified atom stereocenters. The van der Waals surface area contributed by atoms with Gasteiger partial charge in [-0.15, -0.1) is 0 Å². The minimum atomic E-state index is -0.835. The molecule has 0 bridgehead atoms. The third-order valence-electron chi connectivity index (χ3n) is 4.19. The third kappa shape index (κ3) is 3.17. The summed E-state index contributed by atoms with van der Waals surface area (Å²) in [4.78, 5) is 24.3. The molecule has 6 heteroatoms. The van der Waals surface area contributed by atoms with Gasteiger partial charge in [0.2, 0.25) is 5.43 Å². The fourth-order valence-electron chi connectivity index (χ4n) is 2.63. The molecule has 1 heterocycles. The average molecular weight is 313 g/mol. The number of para-hydroxylation sites is 1. The van der Waals surface area contributed by atoms with Crippen LogP contribution in [0.1, 0.15) is 35.4 Å². The minimum absolute atomic E-state index is 0.145. The molecule has 1 aliphatic rings. The van der Waals surface area contributed by atoms with Crippen molar-refractivity contribution >= 4 is 5.91 Å². The maximum atomic E-state index is 12.2. The van der Waals surface area contributed by atoms with E-state index >= 15 is 0 Å². The number of amides is 1. The van der Waals surface area contributed by atoms with E-state index in [1.165, 1.54) is 6.07 Å². The molecule has 1 saturated carbocycles. The van der Waals surface area contributed by atoms with Crippen LogP contribution in [0.3, 0.4) is 0 Å². The number of hydrogen-bond acceptors (Lipinski definition) is 4. The van der Waals surface area contributed by atoms with Crippen molar-refractivity contribution in [3.05, 3.63) is 58.0 Å². The van der Waals surface area contributed by atoms with Crippen LogP contribution in [-0.4, -0.2) is 32.9 Å². The summed E-state index contributed by atoms with van der Waals surface area (Å²) in [5.41, 5.74) is 0.000854. The van der Waals surface area contributed by atoms with E-state index in [-0.39, 0.29) is 12.2 Å². The van der Waals surface area contributed by atoms with Crippen LogP contribution in [0.25, 0.3) is 5.69 Å². The minimum Gasteiger partial charge on any atom is -0.388 e. The van der Waals surface area contributed by atoms with E-state index in [1.54, 1.807) is 11.6 Å². The SMILES string of the molecule is Cc1cc(=O)c(C(=O)NCC2(O)CCC2)nn1-c1ccccc1. The number of nitrogens with zero attached hydrogens (tertiary/aromatic N) is 2. The normalized spacial score (nSPS) is 15.7. The summed E-state index contributed by atoms with van der Waals surface area (Å²) in [6, 6.07) is 10.7. The van der Waals surface area contributed by atoms with E-state index in [9.17, 15) is 14.7 Å². The van der Waals surface area contributed by atoms with E-state index in [1.807, 2.05) is 30.3 Å². The van der Waals surface area contributed by atoms with Crippen LogP contribution in [0, 0.1) is 6.92 Å². The highest BCUT2D eigenvalue weighted by Gasteiger charge is 2.34. The number of aromatic nitrogens is 2. The fourth-order valence-corrected chi connectivity index (χ4v) is 2.63. The molecule has 23 heavy (non-hydrogen) atoms. The van der Waals surface area contributed by atoms with Gasteiger partial charge in [0, 0.05) is 18.3 Å². The second-order valence-corrected chi connectivity index (χ2v) is 6.01. The quantitative estimate of drug-likeness (QED) is 0.888. The molecule has 0 aliphatic heterocycles. The van der Waals surface area contributed by atoms with Crippen LogP contribution < -0.4 is 10.7 Å². The maximum Gasteiger partial charge on any atom is 0.275 e. The summed E-state index contributed by atoms with van der Waals surface area (Å²) in [6.45, 7) is 1.91. The van der Waals surface area contributed by atoms with Crippen molar-refractivity contribution in [1.82, 2.24) is 15.1 Å². The Morgan fingerprint density at radius 3 is 2.65 bits per heavy atom. The molecule has 0 radical (unpaired) electrons. The molecule has 1 aromatic heterocycles. The Labute approximate surface area is 133 Å². The number of benzene rings is 1. The second kappa shape index (κ2) is 5.96. The summed E-state index contributed by atoms with van der Waals surface area (Å²) in [5.74, 6) is -0.556. The Hall–Kier alpha value is -2.47. The molecule has 0 spiro atoms. The molecule has 0 saturated heterocycles. The van der Waals surface area contributed by atoms with Gasteiger partial charge in [0.25, 0.3) is 5.91 Å². The monoisotopic (exact) mass is 313 g/mol. The van der Waals surface area contributed by atoms with Crippen molar-refractivity contribution in [2.75, 3.05) is 6.54 Å². The van der Waals surface area contributed by atoms with E-state index in [0.717, 1.165) is 12.1 Å². The van der Waals surface area contributed by atoms with Gasteiger partial charge in [0.05, 0.1) is 11.3 Å². The van der Waals surface area contributed by atoms with Crippen LogP contribution in [0.5, 0.6) is 0 Å². The lowest BCUT2D eigenvalue weighted by Crippen LogP contribution is -2.48. The van der Waals surface area contributed by atoms with Gasteiger partial charge >= 0.3 is 0 Å². The van der Waals surface area contributed by atoms with Crippen LogP contribution in [0.4, 0.5) is 0 Å². The van der Waals surface area contributed by atoms with Gasteiger partial charge in [-0.3, -0.25) is 9.59 Å². The lowest BCUT2D eigenvalue weighted by molar-refractivity contribution is -0.0301. The highest BCUT2D eigenvalue weighted by molar-refractivity contribution is 5.92. The molecular weight excluding hydrogens is 294 g/mol. The molecule has 2 N–H and O–H groups in total. The Bertz CT molecular complexity index is 779. The first-order chi connectivity index (χ1) is 11.0. The number of aryl methyl sites for hydroxylation is 1. The van der Waals surface area contributed by atoms with Crippen LogP contribution in [-0.2, 0) is 0 Å².